The second kappa shape index (κ2) is 7.22. The molecule has 0 spiro atoms. The Balaban J connectivity index is 1.69. The van der Waals surface area contributed by atoms with Gasteiger partial charge >= 0.3 is 0 Å². The molecule has 22 heavy (non-hydrogen) atoms. The summed E-state index contributed by atoms with van der Waals surface area (Å²) in [6.07, 6.45) is 4.07. The van der Waals surface area contributed by atoms with Crippen LogP contribution >= 0.6 is 0 Å². The predicted octanol–water partition coefficient (Wildman–Crippen LogP) is 2.37. The summed E-state index contributed by atoms with van der Waals surface area (Å²) in [6, 6.07) is 0.0749. The van der Waals surface area contributed by atoms with Crippen LogP contribution in [0.5, 0.6) is 0 Å². The van der Waals surface area contributed by atoms with E-state index in [4.69, 9.17) is 9.26 Å². The summed E-state index contributed by atoms with van der Waals surface area (Å²) in [5.74, 6) is 1.36. The first-order chi connectivity index (χ1) is 10.4. The molecule has 1 amide bonds. The van der Waals surface area contributed by atoms with Crippen LogP contribution in [0.25, 0.3) is 0 Å². The number of aromatic nitrogens is 2. The summed E-state index contributed by atoms with van der Waals surface area (Å²) in [4.78, 5) is 16.3. The first-order valence-corrected chi connectivity index (χ1v) is 8.10. The van der Waals surface area contributed by atoms with Crippen molar-refractivity contribution < 1.29 is 14.1 Å². The Morgan fingerprint density at radius 3 is 2.82 bits per heavy atom. The first-order valence-electron chi connectivity index (χ1n) is 8.10. The van der Waals surface area contributed by atoms with E-state index in [0.717, 1.165) is 19.4 Å². The standard InChI is InChI=1S/C16H27N3O3/c1-11(12-7-6-10-21-12)17-13(20)8-5-9-14-18-15(19-22-14)16(2,3)4/h11-12H,5-10H2,1-4H3,(H,17,20)/t11-,12-/m0/s1. The van der Waals surface area contributed by atoms with E-state index in [-0.39, 0.29) is 23.5 Å². The van der Waals surface area contributed by atoms with Crippen LogP contribution in [0.15, 0.2) is 4.52 Å². The van der Waals surface area contributed by atoms with Crippen molar-refractivity contribution in [2.75, 3.05) is 6.61 Å². The van der Waals surface area contributed by atoms with Crippen LogP contribution in [0.4, 0.5) is 0 Å². The molecule has 0 aromatic carbocycles. The van der Waals surface area contributed by atoms with E-state index in [1.807, 2.05) is 27.7 Å². The fourth-order valence-corrected chi connectivity index (χ4v) is 2.48. The van der Waals surface area contributed by atoms with Crippen molar-refractivity contribution in [3.63, 3.8) is 0 Å². The summed E-state index contributed by atoms with van der Waals surface area (Å²) in [5.41, 5.74) is -0.115. The van der Waals surface area contributed by atoms with Gasteiger partial charge in [-0.3, -0.25) is 4.79 Å². The van der Waals surface area contributed by atoms with Gasteiger partial charge in [0.25, 0.3) is 0 Å². The molecule has 0 aliphatic carbocycles. The lowest BCUT2D eigenvalue weighted by molar-refractivity contribution is -0.122. The number of nitrogens with zero attached hydrogens (tertiary/aromatic N) is 2. The highest BCUT2D eigenvalue weighted by atomic mass is 16.5. The van der Waals surface area contributed by atoms with Gasteiger partial charge in [0, 0.05) is 24.9 Å². The number of carbonyl (C=O) groups is 1. The van der Waals surface area contributed by atoms with Crippen molar-refractivity contribution in [1.29, 1.82) is 0 Å². The first kappa shape index (κ1) is 16.9. The Morgan fingerprint density at radius 2 is 2.23 bits per heavy atom. The number of amides is 1. The molecule has 2 atom stereocenters. The van der Waals surface area contributed by atoms with Gasteiger partial charge in [-0.25, -0.2) is 0 Å². The summed E-state index contributed by atoms with van der Waals surface area (Å²) >= 11 is 0. The number of rotatable bonds is 6. The summed E-state index contributed by atoms with van der Waals surface area (Å²) in [6.45, 7) is 8.93. The normalized spacial score (nSPS) is 20.1. The second-order valence-corrected chi connectivity index (χ2v) is 7.02. The Hall–Kier alpha value is -1.43. The summed E-state index contributed by atoms with van der Waals surface area (Å²) in [7, 11) is 0. The maximum Gasteiger partial charge on any atom is 0.226 e. The van der Waals surface area contributed by atoms with Crippen molar-refractivity contribution in [1.82, 2.24) is 15.5 Å². The number of nitrogens with one attached hydrogen (secondary N) is 1. The zero-order valence-electron chi connectivity index (χ0n) is 14.0. The molecule has 1 N–H and O–H groups in total. The molecule has 1 aromatic heterocycles. The lowest BCUT2D eigenvalue weighted by Gasteiger charge is -2.19. The van der Waals surface area contributed by atoms with Gasteiger partial charge < -0.3 is 14.6 Å². The second-order valence-electron chi connectivity index (χ2n) is 7.02. The molecule has 0 radical (unpaired) electrons. The zero-order valence-corrected chi connectivity index (χ0v) is 14.0. The van der Waals surface area contributed by atoms with Gasteiger partial charge in [0.1, 0.15) is 0 Å². The third kappa shape index (κ3) is 4.80. The molecule has 124 valence electrons. The van der Waals surface area contributed by atoms with E-state index >= 15 is 0 Å². The monoisotopic (exact) mass is 309 g/mol. The molecule has 0 bridgehead atoms. The number of hydrogen-bond donors (Lipinski definition) is 1. The van der Waals surface area contributed by atoms with Gasteiger partial charge in [-0.15, -0.1) is 0 Å². The molecule has 2 rings (SSSR count). The largest absolute Gasteiger partial charge is 0.376 e. The number of ether oxygens (including phenoxy) is 1. The van der Waals surface area contributed by atoms with Crippen LogP contribution in [0, 0.1) is 0 Å². The quantitative estimate of drug-likeness (QED) is 0.873. The van der Waals surface area contributed by atoms with E-state index in [0.29, 0.717) is 31.0 Å². The zero-order chi connectivity index (χ0) is 16.2. The molecule has 1 aliphatic rings. The number of hydrogen-bond acceptors (Lipinski definition) is 5. The van der Waals surface area contributed by atoms with Crippen molar-refractivity contribution >= 4 is 5.91 Å². The van der Waals surface area contributed by atoms with Crippen LogP contribution in [0.2, 0.25) is 0 Å². The highest BCUT2D eigenvalue weighted by Crippen LogP contribution is 2.19. The van der Waals surface area contributed by atoms with E-state index in [1.165, 1.54) is 0 Å². The van der Waals surface area contributed by atoms with Gasteiger partial charge in [0.15, 0.2) is 5.82 Å². The molecule has 1 fully saturated rings. The maximum absolute atomic E-state index is 11.9. The van der Waals surface area contributed by atoms with Crippen LogP contribution in [0.3, 0.4) is 0 Å². The number of carbonyl (C=O) groups excluding carboxylic acids is 1. The maximum atomic E-state index is 11.9. The van der Waals surface area contributed by atoms with Crippen LogP contribution in [-0.4, -0.2) is 34.8 Å². The summed E-state index contributed by atoms with van der Waals surface area (Å²) in [5, 5.41) is 6.99. The van der Waals surface area contributed by atoms with Crippen molar-refractivity contribution in [3.8, 4) is 0 Å². The van der Waals surface area contributed by atoms with Gasteiger partial charge in [0.2, 0.25) is 11.8 Å². The SMILES string of the molecule is C[C@H](NC(=O)CCCc1nc(C(C)(C)C)no1)[C@@H]1CCCO1. The molecule has 6 heteroatoms. The molecule has 1 aliphatic heterocycles. The molecule has 6 nitrogen and oxygen atoms in total. The fraction of sp³-hybridized carbons (Fsp3) is 0.812. The Bertz CT molecular complexity index is 487. The molecule has 1 aromatic rings. The van der Waals surface area contributed by atoms with E-state index < -0.39 is 0 Å². The minimum absolute atomic E-state index is 0.0542. The minimum atomic E-state index is -0.115. The van der Waals surface area contributed by atoms with Crippen LogP contribution < -0.4 is 5.32 Å². The fourth-order valence-electron chi connectivity index (χ4n) is 2.48. The van der Waals surface area contributed by atoms with Crippen molar-refractivity contribution in [2.24, 2.45) is 0 Å². The molecule has 0 saturated carbocycles. The van der Waals surface area contributed by atoms with E-state index in [1.54, 1.807) is 0 Å². The molecular formula is C16H27N3O3. The minimum Gasteiger partial charge on any atom is -0.376 e. The van der Waals surface area contributed by atoms with Crippen molar-refractivity contribution in [2.45, 2.75) is 77.4 Å². The van der Waals surface area contributed by atoms with Gasteiger partial charge in [-0.05, 0) is 26.2 Å². The average molecular weight is 309 g/mol. The topological polar surface area (TPSA) is 77.3 Å². The molecule has 0 unspecified atom stereocenters. The van der Waals surface area contributed by atoms with Crippen molar-refractivity contribution in [3.05, 3.63) is 11.7 Å². The Kier molecular flexibility index (Phi) is 5.56. The van der Waals surface area contributed by atoms with E-state index in [2.05, 4.69) is 15.5 Å². The third-order valence-electron chi connectivity index (χ3n) is 3.84. The Labute approximate surface area is 132 Å². The Morgan fingerprint density at radius 1 is 1.45 bits per heavy atom. The highest BCUT2D eigenvalue weighted by Gasteiger charge is 2.24. The molecule has 1 saturated heterocycles. The lowest BCUT2D eigenvalue weighted by Crippen LogP contribution is -2.40. The van der Waals surface area contributed by atoms with Crippen LogP contribution in [0.1, 0.15) is 65.1 Å². The van der Waals surface area contributed by atoms with Gasteiger partial charge in [0.05, 0.1) is 12.1 Å². The molecular weight excluding hydrogens is 282 g/mol. The third-order valence-corrected chi connectivity index (χ3v) is 3.84. The predicted molar refractivity (Wildman–Crippen MR) is 82.5 cm³/mol. The summed E-state index contributed by atoms with van der Waals surface area (Å²) < 4.78 is 10.8. The van der Waals surface area contributed by atoms with Gasteiger partial charge in [-0.2, -0.15) is 4.98 Å². The highest BCUT2D eigenvalue weighted by molar-refractivity contribution is 5.76. The number of aryl methyl sites for hydroxylation is 1. The lowest BCUT2D eigenvalue weighted by atomic mass is 9.96. The molecule has 2 heterocycles. The van der Waals surface area contributed by atoms with E-state index in [9.17, 15) is 4.79 Å². The average Bonchev–Trinajstić information content (AvgIpc) is 3.09. The van der Waals surface area contributed by atoms with Crippen LogP contribution in [-0.2, 0) is 21.4 Å². The van der Waals surface area contributed by atoms with Gasteiger partial charge in [-0.1, -0.05) is 25.9 Å². The smallest absolute Gasteiger partial charge is 0.226 e.